The Hall–Kier alpha value is -1.59. The first kappa shape index (κ1) is 22.1. The molecule has 3 rings (SSSR count). The number of carbonyl (C=O) groups excluding carboxylic acids is 2. The molecule has 0 bridgehead atoms. The second kappa shape index (κ2) is 9.05. The van der Waals surface area contributed by atoms with Gasteiger partial charge in [-0.05, 0) is 54.9 Å². The average Bonchev–Trinajstić information content (AvgIpc) is 3.46. The summed E-state index contributed by atoms with van der Waals surface area (Å²) >= 11 is 6.48. The summed E-state index contributed by atoms with van der Waals surface area (Å²) in [6, 6.07) is 5.58. The minimum atomic E-state index is -0.0794. The summed E-state index contributed by atoms with van der Waals surface area (Å²) in [5.41, 5.74) is 7.89. The number of nitrogens with two attached hydrogens (primary N) is 1. The number of nitrogens with zero attached hydrogens (tertiary/aromatic N) is 1. The molecule has 2 fully saturated rings. The smallest absolute Gasteiger partial charge is 0.226 e. The molecule has 3 N–H and O–H groups in total. The molecule has 1 aromatic carbocycles. The SMILES string of the molecule is CC(C)(C)CC(=O)Nc1ccc(Cl)c(CN(C(=O)C2CC2)C2CCCCC2N)c1. The first-order valence-electron chi connectivity index (χ1n) is 10.8. The zero-order valence-corrected chi connectivity index (χ0v) is 18.6. The predicted molar refractivity (Wildman–Crippen MR) is 118 cm³/mol. The van der Waals surface area contributed by atoms with Crippen molar-refractivity contribution in [1.82, 2.24) is 4.90 Å². The summed E-state index contributed by atoms with van der Waals surface area (Å²) in [6.07, 6.45) is 6.49. The van der Waals surface area contributed by atoms with Crippen molar-refractivity contribution >= 4 is 29.1 Å². The van der Waals surface area contributed by atoms with Crippen molar-refractivity contribution in [2.45, 2.75) is 84.3 Å². The Labute approximate surface area is 179 Å². The fourth-order valence-corrected chi connectivity index (χ4v) is 4.27. The van der Waals surface area contributed by atoms with Crippen LogP contribution in [0.25, 0.3) is 0 Å². The Bertz CT molecular complexity index is 755. The molecule has 6 heteroatoms. The van der Waals surface area contributed by atoms with E-state index < -0.39 is 0 Å². The predicted octanol–water partition coefficient (Wildman–Crippen LogP) is 4.72. The lowest BCUT2D eigenvalue weighted by Crippen LogP contribution is -2.52. The van der Waals surface area contributed by atoms with Crippen molar-refractivity contribution in [3.63, 3.8) is 0 Å². The number of benzene rings is 1. The molecular formula is C23H34ClN3O2. The van der Waals surface area contributed by atoms with Gasteiger partial charge in [-0.2, -0.15) is 0 Å². The van der Waals surface area contributed by atoms with Gasteiger partial charge < -0.3 is 16.0 Å². The zero-order chi connectivity index (χ0) is 21.2. The standard InChI is InChI=1S/C23H34ClN3O2/c1-23(2,3)13-21(28)26-17-10-11-18(24)16(12-17)14-27(22(29)15-8-9-15)20-7-5-4-6-19(20)25/h10-12,15,19-20H,4-9,13-14,25H2,1-3H3,(H,26,28). The number of anilines is 1. The van der Waals surface area contributed by atoms with E-state index in [2.05, 4.69) is 5.32 Å². The lowest BCUT2D eigenvalue weighted by Gasteiger charge is -2.39. The van der Waals surface area contributed by atoms with Crippen molar-refractivity contribution in [3.05, 3.63) is 28.8 Å². The lowest BCUT2D eigenvalue weighted by molar-refractivity contribution is -0.136. The third-order valence-electron chi connectivity index (χ3n) is 5.75. The molecular weight excluding hydrogens is 386 g/mol. The molecule has 1 aromatic rings. The fraction of sp³-hybridized carbons (Fsp3) is 0.652. The van der Waals surface area contributed by atoms with Crippen molar-refractivity contribution in [2.24, 2.45) is 17.1 Å². The van der Waals surface area contributed by atoms with Gasteiger partial charge in [0.05, 0.1) is 0 Å². The third-order valence-corrected chi connectivity index (χ3v) is 6.12. The molecule has 2 aliphatic carbocycles. The van der Waals surface area contributed by atoms with Crippen molar-refractivity contribution in [2.75, 3.05) is 5.32 Å². The molecule has 2 saturated carbocycles. The summed E-state index contributed by atoms with van der Waals surface area (Å²) in [5.74, 6) is 0.314. The first-order valence-corrected chi connectivity index (χ1v) is 11.2. The van der Waals surface area contributed by atoms with E-state index >= 15 is 0 Å². The van der Waals surface area contributed by atoms with Crippen LogP contribution < -0.4 is 11.1 Å². The Morgan fingerprint density at radius 3 is 2.48 bits per heavy atom. The largest absolute Gasteiger partial charge is 0.334 e. The molecule has 2 unspecified atom stereocenters. The molecule has 0 saturated heterocycles. The van der Waals surface area contributed by atoms with Crippen LogP contribution >= 0.6 is 11.6 Å². The molecule has 0 spiro atoms. The Morgan fingerprint density at radius 1 is 1.17 bits per heavy atom. The molecule has 0 radical (unpaired) electrons. The van der Waals surface area contributed by atoms with Crippen LogP contribution in [0.3, 0.4) is 0 Å². The third kappa shape index (κ3) is 6.19. The number of nitrogens with one attached hydrogen (secondary N) is 1. The number of hydrogen-bond donors (Lipinski definition) is 2. The summed E-state index contributed by atoms with van der Waals surface area (Å²) in [6.45, 7) is 6.55. The fourth-order valence-electron chi connectivity index (χ4n) is 4.09. The van der Waals surface area contributed by atoms with Gasteiger partial charge in [-0.3, -0.25) is 9.59 Å². The van der Waals surface area contributed by atoms with Gasteiger partial charge in [0.15, 0.2) is 0 Å². The number of rotatable bonds is 6. The van der Waals surface area contributed by atoms with E-state index in [9.17, 15) is 9.59 Å². The van der Waals surface area contributed by atoms with Crippen LogP contribution in [0.1, 0.15) is 71.3 Å². The normalized spacial score (nSPS) is 22.2. The van der Waals surface area contributed by atoms with Crippen LogP contribution in [0, 0.1) is 11.3 Å². The van der Waals surface area contributed by atoms with E-state index in [1.165, 1.54) is 0 Å². The molecule has 5 nitrogen and oxygen atoms in total. The van der Waals surface area contributed by atoms with Crippen molar-refractivity contribution < 1.29 is 9.59 Å². The summed E-state index contributed by atoms with van der Waals surface area (Å²) < 4.78 is 0. The van der Waals surface area contributed by atoms with E-state index in [0.717, 1.165) is 44.1 Å². The number of hydrogen-bond acceptors (Lipinski definition) is 3. The zero-order valence-electron chi connectivity index (χ0n) is 17.8. The van der Waals surface area contributed by atoms with Gasteiger partial charge in [-0.15, -0.1) is 0 Å². The lowest BCUT2D eigenvalue weighted by atomic mass is 9.89. The molecule has 0 aliphatic heterocycles. The van der Waals surface area contributed by atoms with E-state index in [0.29, 0.717) is 23.7 Å². The first-order chi connectivity index (χ1) is 13.6. The number of carbonyl (C=O) groups is 2. The van der Waals surface area contributed by atoms with Crippen LogP contribution in [-0.4, -0.2) is 28.8 Å². The molecule has 2 aliphatic rings. The summed E-state index contributed by atoms with van der Waals surface area (Å²) in [7, 11) is 0. The molecule has 0 heterocycles. The highest BCUT2D eigenvalue weighted by atomic mass is 35.5. The highest BCUT2D eigenvalue weighted by Crippen LogP contribution is 2.35. The van der Waals surface area contributed by atoms with E-state index in [1.54, 1.807) is 6.07 Å². The minimum Gasteiger partial charge on any atom is -0.334 e. The summed E-state index contributed by atoms with van der Waals surface area (Å²) in [5, 5.41) is 3.57. The van der Waals surface area contributed by atoms with Crippen molar-refractivity contribution in [3.8, 4) is 0 Å². The van der Waals surface area contributed by atoms with Crippen LogP contribution in [0.15, 0.2) is 18.2 Å². The number of halogens is 1. The Morgan fingerprint density at radius 2 is 1.86 bits per heavy atom. The molecule has 0 aromatic heterocycles. The highest BCUT2D eigenvalue weighted by molar-refractivity contribution is 6.31. The Balaban J connectivity index is 1.78. The molecule has 2 amide bonds. The maximum atomic E-state index is 13.0. The maximum absolute atomic E-state index is 13.0. The average molecular weight is 420 g/mol. The van der Waals surface area contributed by atoms with E-state index in [4.69, 9.17) is 17.3 Å². The van der Waals surface area contributed by atoms with Crippen LogP contribution in [-0.2, 0) is 16.1 Å². The molecule has 2 atom stereocenters. The van der Waals surface area contributed by atoms with Crippen molar-refractivity contribution in [1.29, 1.82) is 0 Å². The van der Waals surface area contributed by atoms with Crippen LogP contribution in [0.2, 0.25) is 5.02 Å². The second-order valence-electron chi connectivity index (χ2n) is 9.85. The topological polar surface area (TPSA) is 75.4 Å². The van der Waals surface area contributed by atoms with Gasteiger partial charge in [-0.25, -0.2) is 0 Å². The van der Waals surface area contributed by atoms with E-state index in [1.807, 2.05) is 37.8 Å². The Kier molecular flexibility index (Phi) is 6.90. The summed E-state index contributed by atoms with van der Waals surface area (Å²) in [4.78, 5) is 27.3. The quantitative estimate of drug-likeness (QED) is 0.700. The van der Waals surface area contributed by atoms with Crippen LogP contribution in [0.4, 0.5) is 5.69 Å². The van der Waals surface area contributed by atoms with Gasteiger partial charge >= 0.3 is 0 Å². The molecule has 160 valence electrons. The maximum Gasteiger partial charge on any atom is 0.226 e. The van der Waals surface area contributed by atoms with Crippen LogP contribution in [0.5, 0.6) is 0 Å². The monoisotopic (exact) mass is 419 g/mol. The second-order valence-corrected chi connectivity index (χ2v) is 10.3. The van der Waals surface area contributed by atoms with Gasteiger partial charge in [0, 0.05) is 41.7 Å². The van der Waals surface area contributed by atoms with Gasteiger partial charge in [0.25, 0.3) is 0 Å². The van der Waals surface area contributed by atoms with Gasteiger partial charge in [0.2, 0.25) is 11.8 Å². The minimum absolute atomic E-state index is 0.0138. The molecule has 29 heavy (non-hydrogen) atoms. The highest BCUT2D eigenvalue weighted by Gasteiger charge is 2.39. The van der Waals surface area contributed by atoms with E-state index in [-0.39, 0.29) is 35.2 Å². The number of amides is 2. The van der Waals surface area contributed by atoms with Gasteiger partial charge in [-0.1, -0.05) is 45.2 Å². The van der Waals surface area contributed by atoms with Gasteiger partial charge in [0.1, 0.15) is 0 Å².